The quantitative estimate of drug-likeness (QED) is 0.813. The second kappa shape index (κ2) is 5.82. The van der Waals surface area contributed by atoms with Crippen molar-refractivity contribution in [2.45, 2.75) is 31.7 Å². The lowest BCUT2D eigenvalue weighted by Crippen LogP contribution is -2.43. The first-order valence-electron chi connectivity index (χ1n) is 6.33. The molecule has 1 aromatic rings. The first kappa shape index (κ1) is 12.8. The van der Waals surface area contributed by atoms with Gasteiger partial charge in [-0.25, -0.2) is 0 Å². The van der Waals surface area contributed by atoms with Crippen LogP contribution in [0.1, 0.15) is 36.0 Å². The van der Waals surface area contributed by atoms with Crippen LogP contribution in [0.25, 0.3) is 0 Å². The van der Waals surface area contributed by atoms with Crippen LogP contribution >= 0.6 is 0 Å². The molecular weight excluding hydrogens is 232 g/mol. The van der Waals surface area contributed by atoms with Gasteiger partial charge in [-0.05, 0) is 12.8 Å². The number of aromatic nitrogens is 1. The molecule has 0 aliphatic carbocycles. The highest BCUT2D eigenvalue weighted by Crippen LogP contribution is 2.18. The molecule has 2 heterocycles. The summed E-state index contributed by atoms with van der Waals surface area (Å²) in [6.45, 7) is 0.564. The summed E-state index contributed by atoms with van der Waals surface area (Å²) in [5, 5.41) is 9.37. The van der Waals surface area contributed by atoms with Crippen LogP contribution in [-0.2, 0) is 0 Å². The molecule has 2 N–H and O–H groups in total. The third kappa shape index (κ3) is 2.61. The maximum Gasteiger partial charge on any atom is 0.259 e. The lowest BCUT2D eigenvalue weighted by atomic mass is 10.1. The number of carbonyl (C=O) groups is 1. The molecule has 1 atom stereocenters. The summed E-state index contributed by atoms with van der Waals surface area (Å²) in [6, 6.07) is 1.18. The fraction of sp³-hybridized carbons (Fsp3) is 0.538. The number of aromatic amines is 1. The molecule has 1 fully saturated rings. The van der Waals surface area contributed by atoms with E-state index in [0.29, 0.717) is 6.54 Å². The molecule has 1 aliphatic rings. The third-order valence-corrected chi connectivity index (χ3v) is 3.40. The summed E-state index contributed by atoms with van der Waals surface area (Å²) >= 11 is 0. The number of H-pyrrole nitrogens is 1. The number of pyridine rings is 1. The van der Waals surface area contributed by atoms with Gasteiger partial charge in [0.15, 0.2) is 5.43 Å². The van der Waals surface area contributed by atoms with E-state index in [1.165, 1.54) is 18.5 Å². The summed E-state index contributed by atoms with van der Waals surface area (Å²) in [7, 11) is 0. The highest BCUT2D eigenvalue weighted by atomic mass is 16.3. The number of amides is 1. The molecule has 2 rings (SSSR count). The predicted octanol–water partition coefficient (Wildman–Crippen LogP) is 0.752. The minimum atomic E-state index is -0.280. The minimum absolute atomic E-state index is 0.0452. The topological polar surface area (TPSA) is 73.4 Å². The Morgan fingerprint density at radius 1 is 1.44 bits per heavy atom. The Bertz CT molecular complexity index is 469. The molecular formula is C13H18N2O3. The first-order valence-corrected chi connectivity index (χ1v) is 6.33. The van der Waals surface area contributed by atoms with E-state index in [2.05, 4.69) is 4.98 Å². The summed E-state index contributed by atoms with van der Waals surface area (Å²) < 4.78 is 0. The summed E-state index contributed by atoms with van der Waals surface area (Å²) in [5.74, 6) is -0.280. The van der Waals surface area contributed by atoms with Gasteiger partial charge in [-0.1, -0.05) is 12.8 Å². The van der Waals surface area contributed by atoms with E-state index in [-0.39, 0.29) is 29.5 Å². The smallest absolute Gasteiger partial charge is 0.259 e. The minimum Gasteiger partial charge on any atom is -0.394 e. The molecule has 98 valence electrons. The van der Waals surface area contributed by atoms with Gasteiger partial charge in [-0.15, -0.1) is 0 Å². The van der Waals surface area contributed by atoms with E-state index in [0.717, 1.165) is 25.7 Å². The van der Waals surface area contributed by atoms with E-state index in [4.69, 9.17) is 0 Å². The van der Waals surface area contributed by atoms with Crippen molar-refractivity contribution in [3.63, 3.8) is 0 Å². The number of nitrogens with zero attached hydrogens (tertiary/aromatic N) is 1. The second-order valence-electron chi connectivity index (χ2n) is 4.61. The molecule has 18 heavy (non-hydrogen) atoms. The normalized spacial score (nSPS) is 20.5. The van der Waals surface area contributed by atoms with Crippen LogP contribution in [0.5, 0.6) is 0 Å². The average Bonchev–Trinajstić information content (AvgIpc) is 2.63. The van der Waals surface area contributed by atoms with Crippen LogP contribution in [0.15, 0.2) is 23.3 Å². The highest BCUT2D eigenvalue weighted by Gasteiger charge is 2.26. The van der Waals surface area contributed by atoms with Crippen molar-refractivity contribution in [2.75, 3.05) is 13.2 Å². The first-order chi connectivity index (χ1) is 8.74. The average molecular weight is 250 g/mol. The zero-order chi connectivity index (χ0) is 13.0. The van der Waals surface area contributed by atoms with E-state index in [9.17, 15) is 14.7 Å². The van der Waals surface area contributed by atoms with Gasteiger partial charge in [0.25, 0.3) is 5.91 Å². The molecule has 1 saturated heterocycles. The Balaban J connectivity index is 2.26. The van der Waals surface area contributed by atoms with Crippen molar-refractivity contribution in [3.8, 4) is 0 Å². The third-order valence-electron chi connectivity index (χ3n) is 3.40. The number of nitrogens with one attached hydrogen (secondary N) is 1. The Morgan fingerprint density at radius 2 is 2.28 bits per heavy atom. The fourth-order valence-corrected chi connectivity index (χ4v) is 2.37. The van der Waals surface area contributed by atoms with E-state index in [1.807, 2.05) is 0 Å². The van der Waals surface area contributed by atoms with Gasteiger partial charge in [0.05, 0.1) is 12.6 Å². The molecule has 5 nitrogen and oxygen atoms in total. The van der Waals surface area contributed by atoms with Crippen molar-refractivity contribution in [1.29, 1.82) is 0 Å². The summed E-state index contributed by atoms with van der Waals surface area (Å²) in [4.78, 5) is 28.4. The van der Waals surface area contributed by atoms with Gasteiger partial charge in [0.2, 0.25) is 0 Å². The maximum atomic E-state index is 12.3. The van der Waals surface area contributed by atoms with Crippen molar-refractivity contribution < 1.29 is 9.90 Å². The molecule has 5 heteroatoms. The molecule has 1 amide bonds. The molecule has 1 unspecified atom stereocenters. The van der Waals surface area contributed by atoms with Gasteiger partial charge in [0, 0.05) is 25.0 Å². The van der Waals surface area contributed by atoms with Gasteiger partial charge < -0.3 is 15.0 Å². The number of aliphatic hydroxyl groups excluding tert-OH is 1. The summed E-state index contributed by atoms with van der Waals surface area (Å²) in [6.07, 6.45) is 6.74. The maximum absolute atomic E-state index is 12.3. The standard InChI is InChI=1S/C13H18N2O3/c16-9-10-4-2-1-3-7-15(10)13(18)11-8-14-6-5-12(11)17/h5-6,8,10,16H,1-4,7,9H2,(H,14,17). The predicted molar refractivity (Wildman–Crippen MR) is 67.4 cm³/mol. The fourth-order valence-electron chi connectivity index (χ4n) is 2.37. The van der Waals surface area contributed by atoms with Crippen molar-refractivity contribution in [3.05, 3.63) is 34.2 Å². The number of carbonyl (C=O) groups excluding carboxylic acids is 1. The Hall–Kier alpha value is -1.62. The number of likely N-dealkylation sites (tertiary alicyclic amines) is 1. The van der Waals surface area contributed by atoms with Crippen LogP contribution in [-0.4, -0.2) is 40.1 Å². The molecule has 1 aromatic heterocycles. The van der Waals surface area contributed by atoms with Crippen LogP contribution in [0.2, 0.25) is 0 Å². The van der Waals surface area contributed by atoms with Crippen molar-refractivity contribution in [1.82, 2.24) is 9.88 Å². The van der Waals surface area contributed by atoms with E-state index in [1.54, 1.807) is 4.90 Å². The van der Waals surface area contributed by atoms with Crippen LogP contribution in [0, 0.1) is 0 Å². The van der Waals surface area contributed by atoms with Gasteiger partial charge >= 0.3 is 0 Å². The largest absolute Gasteiger partial charge is 0.394 e. The molecule has 1 aliphatic heterocycles. The Morgan fingerprint density at radius 3 is 3.00 bits per heavy atom. The van der Waals surface area contributed by atoms with E-state index >= 15 is 0 Å². The van der Waals surface area contributed by atoms with Gasteiger partial charge in [-0.3, -0.25) is 9.59 Å². The lowest BCUT2D eigenvalue weighted by Gasteiger charge is -2.28. The molecule has 0 radical (unpaired) electrons. The van der Waals surface area contributed by atoms with Crippen LogP contribution < -0.4 is 5.43 Å². The van der Waals surface area contributed by atoms with Crippen molar-refractivity contribution in [2.24, 2.45) is 0 Å². The second-order valence-corrected chi connectivity index (χ2v) is 4.61. The zero-order valence-electron chi connectivity index (χ0n) is 10.3. The molecule has 0 aromatic carbocycles. The van der Waals surface area contributed by atoms with Gasteiger partial charge in [0.1, 0.15) is 5.56 Å². The summed E-state index contributed by atoms with van der Waals surface area (Å²) in [5.41, 5.74) is -0.127. The van der Waals surface area contributed by atoms with Gasteiger partial charge in [-0.2, -0.15) is 0 Å². The zero-order valence-corrected chi connectivity index (χ0v) is 10.3. The highest BCUT2D eigenvalue weighted by molar-refractivity contribution is 5.94. The molecule has 0 spiro atoms. The number of hydrogen-bond donors (Lipinski definition) is 2. The number of aliphatic hydroxyl groups is 1. The lowest BCUT2D eigenvalue weighted by molar-refractivity contribution is 0.0598. The number of rotatable bonds is 2. The Kier molecular flexibility index (Phi) is 4.15. The van der Waals surface area contributed by atoms with E-state index < -0.39 is 0 Å². The van der Waals surface area contributed by atoms with Crippen LogP contribution in [0.3, 0.4) is 0 Å². The number of hydrogen-bond acceptors (Lipinski definition) is 3. The Labute approximate surface area is 105 Å². The SMILES string of the molecule is O=C(c1c[nH]ccc1=O)N1CCCCCC1CO. The van der Waals surface area contributed by atoms with Crippen molar-refractivity contribution >= 4 is 5.91 Å². The molecule has 0 saturated carbocycles. The molecule has 0 bridgehead atoms. The monoisotopic (exact) mass is 250 g/mol. The van der Waals surface area contributed by atoms with Crippen LogP contribution in [0.4, 0.5) is 0 Å².